The molecule has 10 heteroatoms. The Balaban J connectivity index is 1.65. The summed E-state index contributed by atoms with van der Waals surface area (Å²) in [7, 11) is 0. The van der Waals surface area contributed by atoms with Crippen LogP contribution >= 0.6 is 15.9 Å². The van der Waals surface area contributed by atoms with Gasteiger partial charge in [0, 0.05) is 5.33 Å². The minimum absolute atomic E-state index is 0.213. The third-order valence-electron chi connectivity index (χ3n) is 8.88. The predicted molar refractivity (Wildman–Crippen MR) is 215 cm³/mol. The third kappa shape index (κ3) is 16.5. The van der Waals surface area contributed by atoms with E-state index in [1.54, 1.807) is 72.8 Å². The first-order chi connectivity index (χ1) is 26.3. The summed E-state index contributed by atoms with van der Waals surface area (Å²) in [6.45, 7) is 8.28. The lowest BCUT2D eigenvalue weighted by Crippen LogP contribution is -2.42. The van der Waals surface area contributed by atoms with Gasteiger partial charge in [-0.3, -0.25) is 0 Å². The Morgan fingerprint density at radius 2 is 0.722 bits per heavy atom. The van der Waals surface area contributed by atoms with Gasteiger partial charge in [-0.05, 0) is 92.1 Å². The van der Waals surface area contributed by atoms with Gasteiger partial charge in [0.25, 0.3) is 0 Å². The summed E-state index contributed by atoms with van der Waals surface area (Å²) in [5.74, 6) is 0.673. The van der Waals surface area contributed by atoms with Gasteiger partial charge in [0.2, 0.25) is 0 Å². The predicted octanol–water partition coefficient (Wildman–Crippen LogP) is 10.8. The Bertz CT molecular complexity index is 1310. The Kier molecular flexibility index (Phi) is 21.3. The van der Waals surface area contributed by atoms with Gasteiger partial charge in [0.15, 0.2) is 0 Å². The summed E-state index contributed by atoms with van der Waals surface area (Å²) in [5, 5.41) is 0.466. The summed E-state index contributed by atoms with van der Waals surface area (Å²) in [5.41, 5.74) is 0.708. The molecule has 0 heterocycles. The van der Waals surface area contributed by atoms with E-state index in [2.05, 4.69) is 36.7 Å². The largest absolute Gasteiger partial charge is 0.493 e. The molecule has 54 heavy (non-hydrogen) atoms. The fourth-order valence-electron chi connectivity index (χ4n) is 5.34. The molecule has 3 aromatic rings. The van der Waals surface area contributed by atoms with Crippen LogP contribution in [0, 0.1) is 5.41 Å². The van der Waals surface area contributed by atoms with E-state index in [1.807, 2.05) is 0 Å². The number of esters is 3. The van der Waals surface area contributed by atoms with E-state index >= 15 is 0 Å². The number of rotatable bonds is 28. The number of hydrogen-bond donors (Lipinski definition) is 0. The van der Waals surface area contributed by atoms with E-state index in [4.69, 9.17) is 28.4 Å². The van der Waals surface area contributed by atoms with Gasteiger partial charge in [0.05, 0.1) is 41.9 Å². The van der Waals surface area contributed by atoms with E-state index in [9.17, 15) is 14.4 Å². The number of ether oxygens (including phenoxy) is 6. The summed E-state index contributed by atoms with van der Waals surface area (Å²) in [4.78, 5) is 37.6. The Hall–Kier alpha value is -4.05. The summed E-state index contributed by atoms with van der Waals surface area (Å²) in [6, 6.07) is 20.7. The van der Waals surface area contributed by atoms with Crippen LogP contribution in [0.2, 0.25) is 0 Å². The van der Waals surface area contributed by atoms with Gasteiger partial charge in [-0.2, -0.15) is 0 Å². The zero-order chi connectivity index (χ0) is 38.9. The van der Waals surface area contributed by atoms with Crippen LogP contribution < -0.4 is 14.2 Å². The highest BCUT2D eigenvalue weighted by Gasteiger charge is 2.33. The molecule has 3 aromatic carbocycles. The van der Waals surface area contributed by atoms with Crippen molar-refractivity contribution in [3.8, 4) is 17.2 Å². The van der Waals surface area contributed by atoms with Crippen LogP contribution in [0.1, 0.15) is 129 Å². The van der Waals surface area contributed by atoms with Gasteiger partial charge in [-0.15, -0.1) is 0 Å². The maximum absolute atomic E-state index is 12.5. The average molecular weight is 812 g/mol. The van der Waals surface area contributed by atoms with E-state index in [1.165, 1.54) is 0 Å². The first-order valence-corrected chi connectivity index (χ1v) is 20.7. The van der Waals surface area contributed by atoms with Crippen molar-refractivity contribution in [1.82, 2.24) is 0 Å². The molecule has 0 fully saturated rings. The molecule has 0 atom stereocenters. The minimum Gasteiger partial charge on any atom is -0.493 e. The lowest BCUT2D eigenvalue weighted by Gasteiger charge is -2.31. The average Bonchev–Trinajstić information content (AvgIpc) is 3.21. The van der Waals surface area contributed by atoms with Crippen LogP contribution in [0.3, 0.4) is 0 Å². The molecule has 0 N–H and O–H groups in total. The van der Waals surface area contributed by atoms with Crippen LogP contribution in [0.15, 0.2) is 72.8 Å². The molecule has 0 aliphatic carbocycles. The molecule has 9 nitrogen and oxygen atoms in total. The molecule has 0 amide bonds. The third-order valence-corrected chi connectivity index (χ3v) is 10.1. The number of halogens is 1. The summed E-state index contributed by atoms with van der Waals surface area (Å²) >= 11 is 3.68. The summed E-state index contributed by atoms with van der Waals surface area (Å²) in [6.07, 6.45) is 12.4. The van der Waals surface area contributed by atoms with Crippen molar-refractivity contribution >= 4 is 33.8 Å². The topological polar surface area (TPSA) is 107 Å². The Morgan fingerprint density at radius 3 is 0.963 bits per heavy atom. The molecule has 0 saturated carbocycles. The SMILES string of the molecule is CCCCCCOC(=O)c1ccc(OCC(CBr)(COc2ccc(C(=O)OCCCCCC)cc2)COc2ccc(C(=O)OCCCCCC)cc2)cc1. The molecule has 0 bridgehead atoms. The number of benzene rings is 3. The molecule has 0 aromatic heterocycles. The number of unbranched alkanes of at least 4 members (excludes halogenated alkanes) is 9. The van der Waals surface area contributed by atoms with E-state index in [-0.39, 0.29) is 37.7 Å². The van der Waals surface area contributed by atoms with Crippen molar-refractivity contribution in [1.29, 1.82) is 0 Å². The monoisotopic (exact) mass is 810 g/mol. The second-order valence-corrected chi connectivity index (χ2v) is 14.2. The zero-order valence-corrected chi connectivity index (χ0v) is 34.0. The molecular weight excluding hydrogens is 752 g/mol. The van der Waals surface area contributed by atoms with Crippen LogP contribution in [0.4, 0.5) is 0 Å². The Morgan fingerprint density at radius 1 is 0.444 bits per heavy atom. The second-order valence-electron chi connectivity index (χ2n) is 13.7. The van der Waals surface area contributed by atoms with Gasteiger partial charge in [0.1, 0.15) is 37.1 Å². The first-order valence-electron chi connectivity index (χ1n) is 19.6. The molecule has 3 rings (SSSR count). The lowest BCUT2D eigenvalue weighted by atomic mass is 9.94. The Labute approximate surface area is 330 Å². The van der Waals surface area contributed by atoms with Crippen LogP contribution in [0.25, 0.3) is 0 Å². The standard InChI is InChI=1S/C44H59BrO9/c1-4-7-10-13-28-49-41(46)35-16-22-38(23-17-35)52-32-44(31-45,33-53-39-24-18-36(19-25-39)42(47)50-29-14-11-8-5-2)34-54-40-26-20-37(21-27-40)43(48)51-30-15-12-9-6-3/h16-27H,4-15,28-34H2,1-3H3. The van der Waals surface area contributed by atoms with Crippen molar-refractivity contribution in [2.24, 2.45) is 5.41 Å². The van der Waals surface area contributed by atoms with Gasteiger partial charge >= 0.3 is 17.9 Å². The van der Waals surface area contributed by atoms with Crippen molar-refractivity contribution in [3.05, 3.63) is 89.5 Å². The molecular formula is C44H59BrO9. The maximum Gasteiger partial charge on any atom is 0.338 e. The normalized spacial score (nSPS) is 11.1. The van der Waals surface area contributed by atoms with E-state index in [0.29, 0.717) is 59.1 Å². The number of carbonyl (C=O) groups is 3. The maximum atomic E-state index is 12.5. The van der Waals surface area contributed by atoms with Crippen molar-refractivity contribution in [3.63, 3.8) is 0 Å². The molecule has 0 aliphatic heterocycles. The highest BCUT2D eigenvalue weighted by Crippen LogP contribution is 2.28. The quantitative estimate of drug-likeness (QED) is 0.0307. The van der Waals surface area contributed by atoms with Crippen LogP contribution in [0.5, 0.6) is 17.2 Å². The highest BCUT2D eigenvalue weighted by molar-refractivity contribution is 9.09. The number of hydrogen-bond acceptors (Lipinski definition) is 9. The number of carbonyl (C=O) groups excluding carboxylic acids is 3. The van der Waals surface area contributed by atoms with Crippen LogP contribution in [-0.2, 0) is 14.2 Å². The lowest BCUT2D eigenvalue weighted by molar-refractivity contribution is 0.0488. The van der Waals surface area contributed by atoms with Crippen molar-refractivity contribution in [2.45, 2.75) is 97.8 Å². The molecule has 0 radical (unpaired) electrons. The van der Waals surface area contributed by atoms with Crippen molar-refractivity contribution < 1.29 is 42.8 Å². The smallest absolute Gasteiger partial charge is 0.338 e. The number of alkyl halides is 1. The fraction of sp³-hybridized carbons (Fsp3) is 0.523. The second kappa shape index (κ2) is 25.9. The van der Waals surface area contributed by atoms with Crippen LogP contribution in [-0.4, -0.2) is 62.9 Å². The van der Waals surface area contributed by atoms with Crippen molar-refractivity contribution in [2.75, 3.05) is 45.0 Å². The fourth-order valence-corrected chi connectivity index (χ4v) is 5.83. The molecule has 296 valence electrons. The van der Waals surface area contributed by atoms with E-state index in [0.717, 1.165) is 77.0 Å². The zero-order valence-electron chi connectivity index (χ0n) is 32.4. The summed E-state index contributed by atoms with van der Waals surface area (Å²) < 4.78 is 35.1. The highest BCUT2D eigenvalue weighted by atomic mass is 79.9. The molecule has 0 unspecified atom stereocenters. The minimum atomic E-state index is -0.678. The molecule has 0 aliphatic rings. The van der Waals surface area contributed by atoms with Gasteiger partial charge in [-0.25, -0.2) is 14.4 Å². The molecule has 0 saturated heterocycles. The van der Waals surface area contributed by atoms with Gasteiger partial charge in [-0.1, -0.05) is 94.5 Å². The first kappa shape index (κ1) is 44.3. The molecule has 0 spiro atoms. The van der Waals surface area contributed by atoms with E-state index < -0.39 is 5.41 Å². The van der Waals surface area contributed by atoms with Gasteiger partial charge < -0.3 is 28.4 Å².